The predicted molar refractivity (Wildman–Crippen MR) is 87.7 cm³/mol. The molecule has 4 nitrogen and oxygen atoms in total. The lowest BCUT2D eigenvalue weighted by Crippen LogP contribution is -2.46. The molecule has 0 saturated carbocycles. The molecular weight excluding hydrogens is 298 g/mol. The first kappa shape index (κ1) is 16.9. The van der Waals surface area contributed by atoms with Crippen molar-refractivity contribution in [2.75, 3.05) is 6.61 Å². The number of cyclic esters (lactones) is 1. The Morgan fingerprint density at radius 1 is 1.23 bits per heavy atom. The van der Waals surface area contributed by atoms with E-state index in [1.807, 2.05) is 58.0 Å². The van der Waals surface area contributed by atoms with Crippen molar-refractivity contribution in [3.8, 4) is 0 Å². The minimum atomic E-state index is -0.507. The Kier molecular flexibility index (Phi) is 5.51. The summed E-state index contributed by atoms with van der Waals surface area (Å²) in [6.07, 6.45) is -0.507. The second-order valence-electron chi connectivity index (χ2n) is 6.02. The smallest absolute Gasteiger partial charge is 0.416 e. The number of thioether (sulfide) groups is 1. The molecule has 2 amide bonds. The van der Waals surface area contributed by atoms with Gasteiger partial charge in [0.25, 0.3) is 0 Å². The molecule has 0 bridgehead atoms. The Bertz CT molecular complexity index is 532. The lowest BCUT2D eigenvalue weighted by molar-refractivity contribution is -0.133. The molecule has 1 aliphatic rings. The fourth-order valence-corrected chi connectivity index (χ4v) is 3.48. The summed E-state index contributed by atoms with van der Waals surface area (Å²) in [6.45, 7) is 8.20. The Morgan fingerprint density at radius 3 is 2.45 bits per heavy atom. The molecule has 1 aromatic carbocycles. The van der Waals surface area contributed by atoms with E-state index in [1.54, 1.807) is 11.8 Å². The van der Waals surface area contributed by atoms with Crippen molar-refractivity contribution in [2.45, 2.75) is 43.9 Å². The van der Waals surface area contributed by atoms with E-state index >= 15 is 0 Å². The van der Waals surface area contributed by atoms with Crippen LogP contribution in [-0.4, -0.2) is 34.8 Å². The van der Waals surface area contributed by atoms with Crippen LogP contribution in [0.1, 0.15) is 27.7 Å². The van der Waals surface area contributed by atoms with Crippen LogP contribution in [0.4, 0.5) is 4.79 Å². The highest BCUT2D eigenvalue weighted by Gasteiger charge is 2.42. The first-order chi connectivity index (χ1) is 10.4. The van der Waals surface area contributed by atoms with Crippen molar-refractivity contribution in [1.82, 2.24) is 4.90 Å². The van der Waals surface area contributed by atoms with Gasteiger partial charge in [-0.25, -0.2) is 9.69 Å². The maximum atomic E-state index is 12.7. The van der Waals surface area contributed by atoms with E-state index in [4.69, 9.17) is 4.74 Å². The summed E-state index contributed by atoms with van der Waals surface area (Å²) in [4.78, 5) is 27.0. The predicted octanol–water partition coefficient (Wildman–Crippen LogP) is 3.81. The van der Waals surface area contributed by atoms with E-state index in [0.29, 0.717) is 6.61 Å². The third-order valence-electron chi connectivity index (χ3n) is 4.07. The minimum Gasteiger partial charge on any atom is -0.447 e. The average Bonchev–Trinajstić information content (AvgIpc) is 2.88. The molecule has 0 N–H and O–H groups in total. The monoisotopic (exact) mass is 321 g/mol. The molecule has 1 aliphatic heterocycles. The number of hydrogen-bond acceptors (Lipinski definition) is 4. The van der Waals surface area contributed by atoms with E-state index < -0.39 is 6.09 Å². The highest BCUT2D eigenvalue weighted by atomic mass is 32.2. The summed E-state index contributed by atoms with van der Waals surface area (Å²) in [5.74, 6) is -0.200. The van der Waals surface area contributed by atoms with Gasteiger partial charge in [-0.3, -0.25) is 4.79 Å². The Balaban J connectivity index is 2.06. The Labute approximate surface area is 136 Å². The van der Waals surface area contributed by atoms with Gasteiger partial charge >= 0.3 is 6.09 Å². The van der Waals surface area contributed by atoms with Crippen molar-refractivity contribution in [1.29, 1.82) is 0 Å². The number of carbonyl (C=O) groups excluding carboxylic acids is 2. The number of nitrogens with zero attached hydrogens (tertiary/aromatic N) is 1. The van der Waals surface area contributed by atoms with Gasteiger partial charge in [0.1, 0.15) is 6.61 Å². The highest BCUT2D eigenvalue weighted by Crippen LogP contribution is 2.30. The number of rotatable bonds is 5. The van der Waals surface area contributed by atoms with Gasteiger partial charge in [0.15, 0.2) is 0 Å². The summed E-state index contributed by atoms with van der Waals surface area (Å²) in [7, 11) is 0. The number of carbonyl (C=O) groups is 2. The largest absolute Gasteiger partial charge is 0.447 e. The van der Waals surface area contributed by atoms with Gasteiger partial charge in [0, 0.05) is 16.1 Å². The quantitative estimate of drug-likeness (QED) is 0.774. The zero-order valence-electron chi connectivity index (χ0n) is 13.5. The van der Waals surface area contributed by atoms with Gasteiger partial charge < -0.3 is 4.74 Å². The van der Waals surface area contributed by atoms with Gasteiger partial charge in [0.05, 0.1) is 6.04 Å². The summed E-state index contributed by atoms with van der Waals surface area (Å²) in [6, 6.07) is 9.83. The van der Waals surface area contributed by atoms with Crippen LogP contribution < -0.4 is 0 Å². The second-order valence-corrected chi connectivity index (χ2v) is 7.47. The summed E-state index contributed by atoms with van der Waals surface area (Å²) in [5, 5.41) is 0.0797. The first-order valence-corrected chi connectivity index (χ1v) is 8.51. The van der Waals surface area contributed by atoms with Gasteiger partial charge in [-0.1, -0.05) is 45.9 Å². The molecule has 1 aromatic rings. The summed E-state index contributed by atoms with van der Waals surface area (Å²) >= 11 is 1.65. The molecule has 0 aromatic heterocycles. The number of hydrogen-bond donors (Lipinski definition) is 0. The standard InChI is InChI=1S/C17H23NO3S/c1-11(2)15-10-21-17(20)18(15)16(19)12(3)13(4)22-14-8-6-5-7-9-14/h5-9,11-13,15H,10H2,1-4H3/t12-,13?,15+/m0/s1. The van der Waals surface area contributed by atoms with Crippen LogP contribution in [0.5, 0.6) is 0 Å². The van der Waals surface area contributed by atoms with Gasteiger partial charge in [-0.05, 0) is 18.1 Å². The maximum Gasteiger partial charge on any atom is 0.416 e. The van der Waals surface area contributed by atoms with Crippen LogP contribution in [-0.2, 0) is 9.53 Å². The summed E-state index contributed by atoms with van der Waals surface area (Å²) in [5.41, 5.74) is 0. The normalized spacial score (nSPS) is 20.9. The minimum absolute atomic E-state index is 0.0797. The topological polar surface area (TPSA) is 46.6 Å². The lowest BCUT2D eigenvalue weighted by Gasteiger charge is -2.27. The van der Waals surface area contributed by atoms with E-state index in [9.17, 15) is 9.59 Å². The number of imide groups is 1. The van der Waals surface area contributed by atoms with E-state index in [0.717, 1.165) is 4.90 Å². The maximum absolute atomic E-state index is 12.7. The zero-order valence-corrected chi connectivity index (χ0v) is 14.3. The van der Waals surface area contributed by atoms with E-state index in [2.05, 4.69) is 0 Å². The number of amides is 2. The number of benzene rings is 1. The third-order valence-corrected chi connectivity index (χ3v) is 5.40. The molecule has 1 unspecified atom stereocenters. The highest BCUT2D eigenvalue weighted by molar-refractivity contribution is 8.00. The van der Waals surface area contributed by atoms with Crippen LogP contribution >= 0.6 is 11.8 Å². The molecule has 1 saturated heterocycles. The average molecular weight is 321 g/mol. The molecule has 1 heterocycles. The molecule has 5 heteroatoms. The van der Waals surface area contributed by atoms with Gasteiger partial charge in [-0.2, -0.15) is 0 Å². The molecule has 120 valence electrons. The molecular formula is C17H23NO3S. The summed E-state index contributed by atoms with van der Waals surface area (Å²) < 4.78 is 5.07. The van der Waals surface area contributed by atoms with Crippen molar-refractivity contribution in [2.24, 2.45) is 11.8 Å². The fraction of sp³-hybridized carbons (Fsp3) is 0.529. The van der Waals surface area contributed by atoms with E-state index in [1.165, 1.54) is 4.90 Å². The van der Waals surface area contributed by atoms with Crippen LogP contribution in [0.2, 0.25) is 0 Å². The van der Waals surface area contributed by atoms with Crippen LogP contribution in [0.25, 0.3) is 0 Å². The Hall–Kier alpha value is -1.49. The van der Waals surface area contributed by atoms with Crippen LogP contribution in [0, 0.1) is 11.8 Å². The van der Waals surface area contributed by atoms with Crippen molar-refractivity contribution < 1.29 is 14.3 Å². The van der Waals surface area contributed by atoms with Gasteiger partial charge in [-0.15, -0.1) is 11.8 Å². The third kappa shape index (κ3) is 3.64. The second kappa shape index (κ2) is 7.18. The van der Waals surface area contributed by atoms with Crippen LogP contribution in [0.15, 0.2) is 35.2 Å². The Morgan fingerprint density at radius 2 is 1.86 bits per heavy atom. The molecule has 0 radical (unpaired) electrons. The zero-order chi connectivity index (χ0) is 16.3. The lowest BCUT2D eigenvalue weighted by atomic mass is 10.0. The fourth-order valence-electron chi connectivity index (χ4n) is 2.42. The molecule has 1 fully saturated rings. The molecule has 0 spiro atoms. The van der Waals surface area contributed by atoms with E-state index in [-0.39, 0.29) is 29.0 Å². The molecule has 22 heavy (non-hydrogen) atoms. The first-order valence-electron chi connectivity index (χ1n) is 7.63. The number of ether oxygens (including phenoxy) is 1. The molecule has 0 aliphatic carbocycles. The molecule has 3 atom stereocenters. The van der Waals surface area contributed by atoms with Crippen LogP contribution in [0.3, 0.4) is 0 Å². The van der Waals surface area contributed by atoms with Crippen molar-refractivity contribution in [3.63, 3.8) is 0 Å². The SMILES string of the molecule is CC(Sc1ccccc1)[C@H](C)C(=O)N1C(=O)OC[C@@H]1C(C)C. The molecule has 2 rings (SSSR count). The van der Waals surface area contributed by atoms with Gasteiger partial charge in [0.2, 0.25) is 5.91 Å². The van der Waals surface area contributed by atoms with Crippen molar-refractivity contribution in [3.05, 3.63) is 30.3 Å². The van der Waals surface area contributed by atoms with Crippen molar-refractivity contribution >= 4 is 23.8 Å².